The van der Waals surface area contributed by atoms with Crippen LogP contribution in [0.25, 0.3) is 0 Å². The minimum Gasteiger partial charge on any atom is -0.444 e. The summed E-state index contributed by atoms with van der Waals surface area (Å²) in [5, 5.41) is 1.45. The monoisotopic (exact) mass is 429 g/mol. The lowest BCUT2D eigenvalue weighted by molar-refractivity contribution is -0.110. The summed E-state index contributed by atoms with van der Waals surface area (Å²) in [4.78, 5) is 24.8. The zero-order valence-electron chi connectivity index (χ0n) is 17.6. The van der Waals surface area contributed by atoms with E-state index < -0.39 is 38.2 Å². The summed E-state index contributed by atoms with van der Waals surface area (Å²) in [6, 6.07) is 15.4. The third kappa shape index (κ3) is 4.12. The van der Waals surface area contributed by atoms with Gasteiger partial charge in [-0.05, 0) is 50.5 Å². The number of carbonyl (C=O) groups is 2. The number of aldehydes is 1. The molecule has 0 aliphatic heterocycles. The first-order chi connectivity index (χ1) is 14.0. The predicted molar refractivity (Wildman–Crippen MR) is 114 cm³/mol. The second kappa shape index (κ2) is 7.87. The number of rotatable bonds is 6. The van der Waals surface area contributed by atoms with Gasteiger partial charge in [0.2, 0.25) is 0 Å². The number of nitrogens with one attached hydrogen (secondary N) is 1. The number of aryl methyl sites for hydroxylation is 1. The van der Waals surface area contributed by atoms with Crippen molar-refractivity contribution in [3.05, 3.63) is 65.7 Å². The smallest absolute Gasteiger partial charge is 0.408 e. The number of hydrogen-bond acceptors (Lipinski definition) is 5. The third-order valence-corrected chi connectivity index (χ3v) is 7.50. The fraction of sp³-hybridized carbons (Fsp3) is 0.391. The van der Waals surface area contributed by atoms with Crippen LogP contribution in [0.3, 0.4) is 0 Å². The lowest BCUT2D eigenvalue weighted by Crippen LogP contribution is -2.45. The van der Waals surface area contributed by atoms with Crippen LogP contribution < -0.4 is 5.32 Å². The first-order valence-corrected chi connectivity index (χ1v) is 11.4. The SMILES string of the molecule is CCc1ccc(C2C(S(=O)(=O)c3ccccc3)C2(C=O)NC(=O)OC(C)(C)C)cc1. The molecule has 0 bridgehead atoms. The van der Waals surface area contributed by atoms with E-state index in [2.05, 4.69) is 5.32 Å². The van der Waals surface area contributed by atoms with Crippen LogP contribution in [0.15, 0.2) is 59.5 Å². The van der Waals surface area contributed by atoms with E-state index in [-0.39, 0.29) is 4.90 Å². The molecule has 6 nitrogen and oxygen atoms in total. The molecule has 0 spiro atoms. The normalized spacial score (nSPS) is 23.5. The first-order valence-electron chi connectivity index (χ1n) is 9.90. The number of benzene rings is 2. The van der Waals surface area contributed by atoms with Crippen LogP contribution in [0.1, 0.15) is 44.7 Å². The maximum absolute atomic E-state index is 13.4. The summed E-state index contributed by atoms with van der Waals surface area (Å²) < 4.78 is 32.1. The summed E-state index contributed by atoms with van der Waals surface area (Å²) in [7, 11) is -3.89. The van der Waals surface area contributed by atoms with Crippen molar-refractivity contribution in [2.24, 2.45) is 0 Å². The molecule has 7 heteroatoms. The Labute approximate surface area is 177 Å². The van der Waals surface area contributed by atoms with Gasteiger partial charge in [0.25, 0.3) is 0 Å². The van der Waals surface area contributed by atoms with Crippen molar-refractivity contribution in [1.82, 2.24) is 5.32 Å². The van der Waals surface area contributed by atoms with Gasteiger partial charge in [0.1, 0.15) is 22.7 Å². The fourth-order valence-corrected chi connectivity index (χ4v) is 6.04. The van der Waals surface area contributed by atoms with Crippen molar-refractivity contribution in [1.29, 1.82) is 0 Å². The van der Waals surface area contributed by atoms with Crippen molar-refractivity contribution < 1.29 is 22.7 Å². The Bertz CT molecular complexity index is 1030. The molecule has 0 radical (unpaired) electrons. The van der Waals surface area contributed by atoms with Crippen LogP contribution in [0.2, 0.25) is 0 Å². The molecule has 3 unspecified atom stereocenters. The van der Waals surface area contributed by atoms with Crippen molar-refractivity contribution >= 4 is 22.2 Å². The van der Waals surface area contributed by atoms with Crippen molar-refractivity contribution in [2.75, 3.05) is 0 Å². The summed E-state index contributed by atoms with van der Waals surface area (Å²) in [6.45, 7) is 7.12. The zero-order valence-corrected chi connectivity index (χ0v) is 18.4. The minimum absolute atomic E-state index is 0.111. The quantitative estimate of drug-likeness (QED) is 0.708. The highest BCUT2D eigenvalue weighted by molar-refractivity contribution is 7.92. The Morgan fingerprint density at radius 3 is 2.20 bits per heavy atom. The van der Waals surface area contributed by atoms with Crippen LogP contribution in [0, 0.1) is 0 Å². The standard InChI is InChI=1S/C23H27NO5S/c1-5-16-11-13-17(14-12-16)19-20(30(27,28)18-9-7-6-8-10-18)23(19,15-25)24-21(26)29-22(2,3)4/h6-15,19-20H,5H2,1-4H3,(H,24,26). The number of hydrogen-bond donors (Lipinski definition) is 1. The Morgan fingerprint density at radius 2 is 1.70 bits per heavy atom. The van der Waals surface area contributed by atoms with E-state index in [1.165, 1.54) is 12.1 Å². The fourth-order valence-electron chi connectivity index (χ4n) is 3.78. The highest BCUT2D eigenvalue weighted by Gasteiger charge is 2.73. The topological polar surface area (TPSA) is 89.5 Å². The van der Waals surface area contributed by atoms with E-state index >= 15 is 0 Å². The Morgan fingerprint density at radius 1 is 1.10 bits per heavy atom. The summed E-state index contributed by atoms with van der Waals surface area (Å²) in [5.41, 5.74) is -0.599. The zero-order chi connectivity index (χ0) is 22.2. The molecule has 3 atom stereocenters. The maximum Gasteiger partial charge on any atom is 0.408 e. The van der Waals surface area contributed by atoms with Crippen LogP contribution in [-0.4, -0.2) is 37.2 Å². The van der Waals surface area contributed by atoms with Gasteiger partial charge >= 0.3 is 6.09 Å². The maximum atomic E-state index is 13.4. The number of sulfone groups is 1. The van der Waals surface area contributed by atoms with E-state index in [0.29, 0.717) is 11.8 Å². The molecule has 30 heavy (non-hydrogen) atoms. The molecule has 0 heterocycles. The van der Waals surface area contributed by atoms with E-state index in [9.17, 15) is 18.0 Å². The summed E-state index contributed by atoms with van der Waals surface area (Å²) in [6.07, 6.45) is 0.544. The third-order valence-electron chi connectivity index (χ3n) is 5.24. The molecule has 1 saturated carbocycles. The van der Waals surface area contributed by atoms with Crippen molar-refractivity contribution in [2.45, 2.75) is 61.3 Å². The average molecular weight is 430 g/mol. The highest BCUT2D eigenvalue weighted by atomic mass is 32.2. The van der Waals surface area contributed by atoms with E-state index in [4.69, 9.17) is 4.74 Å². The second-order valence-corrected chi connectivity index (χ2v) is 10.6. The van der Waals surface area contributed by atoms with E-state index in [1.54, 1.807) is 39.0 Å². The number of amides is 1. The molecule has 160 valence electrons. The molecule has 2 aromatic carbocycles. The van der Waals surface area contributed by atoms with Gasteiger partial charge in [-0.15, -0.1) is 0 Å². The van der Waals surface area contributed by atoms with Crippen LogP contribution in [0.4, 0.5) is 4.79 Å². The lowest BCUT2D eigenvalue weighted by Gasteiger charge is -2.22. The Balaban J connectivity index is 2.04. The van der Waals surface area contributed by atoms with Crippen molar-refractivity contribution in [3.8, 4) is 0 Å². The van der Waals surface area contributed by atoms with Crippen molar-refractivity contribution in [3.63, 3.8) is 0 Å². The predicted octanol–water partition coefficient (Wildman–Crippen LogP) is 3.65. The van der Waals surface area contributed by atoms with Gasteiger partial charge in [-0.2, -0.15) is 0 Å². The highest BCUT2D eigenvalue weighted by Crippen LogP contribution is 2.56. The van der Waals surface area contributed by atoms with Gasteiger partial charge in [-0.3, -0.25) is 0 Å². The summed E-state index contributed by atoms with van der Waals surface area (Å²) in [5.74, 6) is -0.710. The molecule has 1 amide bonds. The molecular formula is C23H27NO5S. The van der Waals surface area contributed by atoms with Gasteiger partial charge in [0.05, 0.1) is 4.90 Å². The molecule has 1 fully saturated rings. The molecule has 0 saturated heterocycles. The first kappa shape index (κ1) is 22.0. The molecule has 0 aromatic heterocycles. The molecule has 3 rings (SSSR count). The molecule has 2 aromatic rings. The number of ether oxygens (including phenoxy) is 1. The van der Waals surface area contributed by atoms with Gasteiger partial charge in [0.15, 0.2) is 9.84 Å². The van der Waals surface area contributed by atoms with Gasteiger partial charge in [-0.25, -0.2) is 13.2 Å². The summed E-state index contributed by atoms with van der Waals surface area (Å²) >= 11 is 0. The molecular weight excluding hydrogens is 402 g/mol. The lowest BCUT2D eigenvalue weighted by atomic mass is 10.0. The van der Waals surface area contributed by atoms with E-state index in [0.717, 1.165) is 12.0 Å². The van der Waals surface area contributed by atoms with E-state index in [1.807, 2.05) is 31.2 Å². The van der Waals surface area contributed by atoms with Crippen LogP contribution in [-0.2, 0) is 25.8 Å². The van der Waals surface area contributed by atoms with Gasteiger partial charge < -0.3 is 14.8 Å². The Hall–Kier alpha value is -2.67. The molecule has 1 aliphatic carbocycles. The van der Waals surface area contributed by atoms with Crippen LogP contribution >= 0.6 is 0 Å². The number of alkyl carbamates (subject to hydrolysis) is 1. The Kier molecular flexibility index (Phi) is 5.78. The average Bonchev–Trinajstić information content (AvgIpc) is 3.36. The van der Waals surface area contributed by atoms with Crippen LogP contribution in [0.5, 0.6) is 0 Å². The minimum atomic E-state index is -3.89. The largest absolute Gasteiger partial charge is 0.444 e. The molecule has 1 aliphatic rings. The second-order valence-electron chi connectivity index (χ2n) is 8.53. The van der Waals surface area contributed by atoms with Gasteiger partial charge in [0, 0.05) is 5.92 Å². The number of carbonyl (C=O) groups excluding carboxylic acids is 2. The van der Waals surface area contributed by atoms with Gasteiger partial charge in [-0.1, -0.05) is 49.4 Å². The molecule has 1 N–H and O–H groups in total.